The van der Waals surface area contributed by atoms with Crippen molar-refractivity contribution in [1.29, 1.82) is 0 Å². The molecule has 0 radical (unpaired) electrons. The third kappa shape index (κ3) is 7.69. The van der Waals surface area contributed by atoms with Crippen LogP contribution in [-0.4, -0.2) is 24.6 Å². The number of aliphatic imine (C=N–C) groups is 1. The van der Waals surface area contributed by atoms with E-state index in [0.29, 0.717) is 24.9 Å². The molecule has 0 atom stereocenters. The zero-order valence-electron chi connectivity index (χ0n) is 15.8. The molecule has 27 heavy (non-hydrogen) atoms. The number of nitrogens with zero attached hydrogens (tertiary/aromatic N) is 2. The van der Waals surface area contributed by atoms with Crippen molar-refractivity contribution in [3.05, 3.63) is 47.7 Å². The summed E-state index contributed by atoms with van der Waals surface area (Å²) in [4.78, 5) is 8.37. The number of ether oxygens (including phenoxy) is 1. The van der Waals surface area contributed by atoms with Gasteiger partial charge in [0.05, 0.1) is 12.7 Å². The third-order valence-corrected chi connectivity index (χ3v) is 3.51. The predicted molar refractivity (Wildman–Crippen MR) is 111 cm³/mol. The van der Waals surface area contributed by atoms with Crippen LogP contribution in [0.15, 0.2) is 39.9 Å². The van der Waals surface area contributed by atoms with Crippen LogP contribution in [0.2, 0.25) is 0 Å². The van der Waals surface area contributed by atoms with Crippen LogP contribution in [0.4, 0.5) is 8.78 Å². The average molecular weight is 494 g/mol. The van der Waals surface area contributed by atoms with Crippen LogP contribution < -0.4 is 15.4 Å². The summed E-state index contributed by atoms with van der Waals surface area (Å²) in [5.41, 5.74) is 0.688. The second-order valence-electron chi connectivity index (χ2n) is 6.67. The van der Waals surface area contributed by atoms with E-state index in [-0.39, 0.29) is 35.1 Å². The molecular formula is C18H25F2IN4O2. The van der Waals surface area contributed by atoms with Crippen molar-refractivity contribution >= 4 is 29.9 Å². The smallest absolute Gasteiger partial charge is 0.387 e. The van der Waals surface area contributed by atoms with Crippen LogP contribution in [0.5, 0.6) is 5.75 Å². The normalized spacial score (nSPS) is 11.9. The van der Waals surface area contributed by atoms with Crippen molar-refractivity contribution < 1.29 is 17.9 Å². The predicted octanol–water partition coefficient (Wildman–Crippen LogP) is 4.06. The number of hydrogen-bond acceptors (Lipinski definition) is 4. The molecule has 0 unspecified atom stereocenters. The van der Waals surface area contributed by atoms with Crippen molar-refractivity contribution in [3.63, 3.8) is 0 Å². The second kappa shape index (κ2) is 10.4. The maximum atomic E-state index is 12.3. The Morgan fingerprint density at radius 2 is 1.96 bits per heavy atom. The molecule has 0 aliphatic rings. The van der Waals surface area contributed by atoms with E-state index in [1.165, 1.54) is 6.07 Å². The third-order valence-electron chi connectivity index (χ3n) is 3.51. The van der Waals surface area contributed by atoms with Gasteiger partial charge in [0.1, 0.15) is 11.5 Å². The number of rotatable bonds is 6. The minimum absolute atomic E-state index is 0. The van der Waals surface area contributed by atoms with E-state index in [4.69, 9.17) is 4.42 Å². The highest BCUT2D eigenvalue weighted by Crippen LogP contribution is 2.22. The first kappa shape index (κ1) is 23.1. The van der Waals surface area contributed by atoms with E-state index in [9.17, 15) is 8.78 Å². The van der Waals surface area contributed by atoms with Crippen molar-refractivity contribution in [1.82, 2.24) is 15.6 Å². The summed E-state index contributed by atoms with van der Waals surface area (Å²) in [6, 6.07) is 6.50. The van der Waals surface area contributed by atoms with Gasteiger partial charge in [-0.3, -0.25) is 4.99 Å². The largest absolute Gasteiger partial charge is 0.443 e. The fourth-order valence-electron chi connectivity index (χ4n) is 2.14. The molecule has 0 aliphatic heterocycles. The maximum Gasteiger partial charge on any atom is 0.387 e. The molecular weight excluding hydrogens is 469 g/mol. The Hall–Kier alpha value is -1.91. The molecule has 1 aromatic carbocycles. The van der Waals surface area contributed by atoms with Crippen molar-refractivity contribution in [2.24, 2.45) is 4.99 Å². The summed E-state index contributed by atoms with van der Waals surface area (Å²) >= 11 is 0. The number of aromatic nitrogens is 1. The van der Waals surface area contributed by atoms with Gasteiger partial charge < -0.3 is 19.8 Å². The topological polar surface area (TPSA) is 71.7 Å². The summed E-state index contributed by atoms with van der Waals surface area (Å²) < 4.78 is 34.7. The quantitative estimate of drug-likeness (QED) is 0.360. The van der Waals surface area contributed by atoms with Gasteiger partial charge in [0.2, 0.25) is 5.89 Å². The summed E-state index contributed by atoms with van der Waals surface area (Å²) in [7, 11) is 1.64. The van der Waals surface area contributed by atoms with E-state index in [1.807, 2.05) is 6.07 Å². The minimum atomic E-state index is -2.84. The molecule has 6 nitrogen and oxygen atoms in total. The van der Waals surface area contributed by atoms with E-state index in [1.54, 1.807) is 25.4 Å². The van der Waals surface area contributed by atoms with Gasteiger partial charge in [0.25, 0.3) is 0 Å². The molecule has 2 N–H and O–H groups in total. The number of halogens is 3. The zero-order valence-corrected chi connectivity index (χ0v) is 18.1. The van der Waals surface area contributed by atoms with Crippen LogP contribution in [0, 0.1) is 0 Å². The van der Waals surface area contributed by atoms with Gasteiger partial charge in [-0.1, -0.05) is 32.9 Å². The Labute approximate surface area is 174 Å². The Balaban J connectivity index is 0.00000364. The summed E-state index contributed by atoms with van der Waals surface area (Å²) in [5.74, 6) is 2.04. The first-order valence-electron chi connectivity index (χ1n) is 8.21. The molecule has 0 fully saturated rings. The van der Waals surface area contributed by atoms with E-state index in [2.05, 4.69) is 46.1 Å². The minimum Gasteiger partial charge on any atom is -0.443 e. The number of hydrogen-bond donors (Lipinski definition) is 2. The van der Waals surface area contributed by atoms with E-state index >= 15 is 0 Å². The van der Waals surface area contributed by atoms with Crippen molar-refractivity contribution in [2.45, 2.75) is 45.9 Å². The molecule has 9 heteroatoms. The summed E-state index contributed by atoms with van der Waals surface area (Å²) in [5, 5.41) is 6.20. The monoisotopic (exact) mass is 494 g/mol. The Kier molecular flexibility index (Phi) is 8.94. The van der Waals surface area contributed by atoms with Gasteiger partial charge >= 0.3 is 6.61 Å². The van der Waals surface area contributed by atoms with Crippen LogP contribution in [0.25, 0.3) is 0 Å². The van der Waals surface area contributed by atoms with Crippen LogP contribution >= 0.6 is 24.0 Å². The Morgan fingerprint density at radius 1 is 1.26 bits per heavy atom. The molecule has 150 valence electrons. The van der Waals surface area contributed by atoms with Gasteiger partial charge in [0.15, 0.2) is 5.96 Å². The van der Waals surface area contributed by atoms with Gasteiger partial charge in [-0.15, -0.1) is 24.0 Å². The van der Waals surface area contributed by atoms with Crippen LogP contribution in [0.1, 0.15) is 38.0 Å². The highest BCUT2D eigenvalue weighted by atomic mass is 127. The highest BCUT2D eigenvalue weighted by Gasteiger charge is 2.19. The number of alkyl halides is 2. The fraction of sp³-hybridized carbons (Fsp3) is 0.444. The maximum absolute atomic E-state index is 12.3. The Morgan fingerprint density at radius 3 is 2.56 bits per heavy atom. The SMILES string of the molecule is CN=C(NCc1cccc(OC(F)F)c1)NCc1ncc(C(C)(C)C)o1.I. The van der Waals surface area contributed by atoms with Gasteiger partial charge in [-0.25, -0.2) is 4.98 Å². The molecule has 0 saturated carbocycles. The molecule has 0 amide bonds. The lowest BCUT2D eigenvalue weighted by molar-refractivity contribution is -0.0498. The number of guanidine groups is 1. The van der Waals surface area contributed by atoms with Crippen LogP contribution in [0.3, 0.4) is 0 Å². The first-order chi connectivity index (χ1) is 12.3. The van der Waals surface area contributed by atoms with Gasteiger partial charge in [0, 0.05) is 19.0 Å². The highest BCUT2D eigenvalue weighted by molar-refractivity contribution is 14.0. The molecule has 1 heterocycles. The molecule has 1 aromatic heterocycles. The second-order valence-corrected chi connectivity index (χ2v) is 6.67. The van der Waals surface area contributed by atoms with Crippen LogP contribution in [-0.2, 0) is 18.5 Å². The molecule has 0 bridgehead atoms. The lowest BCUT2D eigenvalue weighted by Gasteiger charge is -2.13. The molecule has 0 aliphatic carbocycles. The molecule has 0 saturated heterocycles. The molecule has 2 rings (SSSR count). The fourth-order valence-corrected chi connectivity index (χ4v) is 2.14. The van der Waals surface area contributed by atoms with Gasteiger partial charge in [-0.05, 0) is 17.7 Å². The van der Waals surface area contributed by atoms with E-state index in [0.717, 1.165) is 11.3 Å². The number of benzene rings is 1. The van der Waals surface area contributed by atoms with Crippen molar-refractivity contribution in [2.75, 3.05) is 7.05 Å². The van der Waals surface area contributed by atoms with Gasteiger partial charge in [-0.2, -0.15) is 8.78 Å². The Bertz CT molecular complexity index is 745. The number of nitrogens with one attached hydrogen (secondary N) is 2. The summed E-state index contributed by atoms with van der Waals surface area (Å²) in [6.07, 6.45) is 1.72. The zero-order chi connectivity index (χ0) is 19.2. The lowest BCUT2D eigenvalue weighted by Crippen LogP contribution is -2.36. The lowest BCUT2D eigenvalue weighted by atomic mass is 9.94. The standard InChI is InChI=1S/C18H24F2N4O2.HI/c1-18(2,3)14-10-22-15(26-14)11-24-17(21-4)23-9-12-6-5-7-13(8-12)25-16(19)20;/h5-8,10,16H,9,11H2,1-4H3,(H2,21,23,24);1H. The number of oxazole rings is 1. The summed E-state index contributed by atoms with van der Waals surface area (Å²) in [6.45, 7) is 4.10. The molecule has 0 spiro atoms. The first-order valence-corrected chi connectivity index (χ1v) is 8.21. The average Bonchev–Trinajstić information content (AvgIpc) is 3.04. The van der Waals surface area contributed by atoms with Crippen molar-refractivity contribution in [3.8, 4) is 5.75 Å². The molecule has 2 aromatic rings. The van der Waals surface area contributed by atoms with E-state index < -0.39 is 6.61 Å².